The van der Waals surface area contributed by atoms with Crippen LogP contribution in [-0.4, -0.2) is 34.2 Å². The third-order valence-electron chi connectivity index (χ3n) is 4.48. The van der Waals surface area contributed by atoms with Crippen molar-refractivity contribution < 1.29 is 4.74 Å². The van der Waals surface area contributed by atoms with Gasteiger partial charge < -0.3 is 15.4 Å². The highest BCUT2D eigenvalue weighted by Crippen LogP contribution is 2.22. The van der Waals surface area contributed by atoms with Crippen molar-refractivity contribution in [3.05, 3.63) is 66.5 Å². The van der Waals surface area contributed by atoms with Crippen molar-refractivity contribution in [2.24, 2.45) is 0 Å². The lowest BCUT2D eigenvalue weighted by Crippen LogP contribution is -2.19. The highest BCUT2D eigenvalue weighted by atomic mass is 16.5. The highest BCUT2D eigenvalue weighted by molar-refractivity contribution is 5.64. The molecule has 1 atom stereocenters. The lowest BCUT2D eigenvalue weighted by atomic mass is 10.1. The normalized spacial score (nSPS) is 16.2. The molecule has 2 aromatic heterocycles. The zero-order valence-electron chi connectivity index (χ0n) is 15.1. The van der Waals surface area contributed by atoms with E-state index in [1.54, 1.807) is 6.20 Å². The van der Waals surface area contributed by atoms with Gasteiger partial charge in [-0.25, -0.2) is 4.98 Å². The molecule has 0 bridgehead atoms. The summed E-state index contributed by atoms with van der Waals surface area (Å²) in [7, 11) is 0. The number of nitrogens with zero attached hydrogens (tertiary/aromatic N) is 3. The van der Waals surface area contributed by atoms with Gasteiger partial charge in [0.05, 0.1) is 24.0 Å². The van der Waals surface area contributed by atoms with Gasteiger partial charge in [-0.1, -0.05) is 36.4 Å². The molecule has 6 heteroatoms. The van der Waals surface area contributed by atoms with E-state index in [0.717, 1.165) is 48.8 Å². The smallest absolute Gasteiger partial charge is 0.225 e. The second-order valence-corrected chi connectivity index (χ2v) is 6.52. The number of hydrogen-bond acceptors (Lipinski definition) is 6. The van der Waals surface area contributed by atoms with Gasteiger partial charge in [0.1, 0.15) is 5.82 Å². The Hall–Kier alpha value is -2.99. The number of benzene rings is 1. The minimum Gasteiger partial charge on any atom is -0.376 e. The molecular formula is C21H23N5O. The van der Waals surface area contributed by atoms with Crippen LogP contribution in [0.4, 0.5) is 11.8 Å². The molecule has 27 heavy (non-hydrogen) atoms. The van der Waals surface area contributed by atoms with E-state index in [9.17, 15) is 0 Å². The molecule has 0 aliphatic carbocycles. The third-order valence-corrected chi connectivity index (χ3v) is 4.48. The summed E-state index contributed by atoms with van der Waals surface area (Å²) in [5.74, 6) is 1.37. The zero-order chi connectivity index (χ0) is 18.3. The Morgan fingerprint density at radius 3 is 2.67 bits per heavy atom. The lowest BCUT2D eigenvalue weighted by Gasteiger charge is -2.14. The molecule has 1 aliphatic rings. The van der Waals surface area contributed by atoms with Crippen molar-refractivity contribution in [1.82, 2.24) is 15.0 Å². The molecule has 0 saturated carbocycles. The third kappa shape index (κ3) is 4.80. The maximum Gasteiger partial charge on any atom is 0.225 e. The Kier molecular flexibility index (Phi) is 5.55. The molecule has 3 heterocycles. The maximum atomic E-state index is 5.70. The van der Waals surface area contributed by atoms with Crippen LogP contribution in [0.1, 0.15) is 18.5 Å². The maximum absolute atomic E-state index is 5.70. The van der Waals surface area contributed by atoms with Gasteiger partial charge >= 0.3 is 0 Å². The molecule has 1 aromatic carbocycles. The first-order valence-electron chi connectivity index (χ1n) is 9.30. The summed E-state index contributed by atoms with van der Waals surface area (Å²) in [6, 6.07) is 18.0. The van der Waals surface area contributed by atoms with Crippen molar-refractivity contribution in [3.8, 4) is 11.3 Å². The molecule has 1 aliphatic heterocycles. The monoisotopic (exact) mass is 361 g/mol. The fourth-order valence-electron chi connectivity index (χ4n) is 3.07. The van der Waals surface area contributed by atoms with Gasteiger partial charge in [-0.05, 0) is 25.0 Å². The minimum absolute atomic E-state index is 0.255. The fraction of sp³-hybridized carbons (Fsp3) is 0.286. The molecular weight excluding hydrogens is 338 g/mol. The van der Waals surface area contributed by atoms with Crippen LogP contribution >= 0.6 is 0 Å². The van der Waals surface area contributed by atoms with E-state index < -0.39 is 0 Å². The van der Waals surface area contributed by atoms with E-state index in [0.29, 0.717) is 12.5 Å². The SMILES string of the molecule is c1ccc(-c2cc(NCC3CCCO3)nc(NCc3ccccn3)n2)cc1. The quantitative estimate of drug-likeness (QED) is 0.668. The van der Waals surface area contributed by atoms with Crippen LogP contribution in [0.2, 0.25) is 0 Å². The van der Waals surface area contributed by atoms with Gasteiger partial charge in [0.15, 0.2) is 0 Å². The molecule has 2 N–H and O–H groups in total. The summed E-state index contributed by atoms with van der Waals surface area (Å²) in [6.07, 6.45) is 4.26. The van der Waals surface area contributed by atoms with Crippen LogP contribution in [-0.2, 0) is 11.3 Å². The van der Waals surface area contributed by atoms with Gasteiger partial charge in [-0.3, -0.25) is 4.98 Å². The molecule has 3 aromatic rings. The Morgan fingerprint density at radius 2 is 1.89 bits per heavy atom. The van der Waals surface area contributed by atoms with E-state index in [2.05, 4.69) is 37.7 Å². The predicted molar refractivity (Wildman–Crippen MR) is 106 cm³/mol. The Labute approximate surface area is 159 Å². The molecule has 1 saturated heterocycles. The molecule has 0 amide bonds. The first-order valence-corrected chi connectivity index (χ1v) is 9.30. The number of rotatable bonds is 7. The molecule has 1 fully saturated rings. The van der Waals surface area contributed by atoms with Crippen molar-refractivity contribution in [3.63, 3.8) is 0 Å². The van der Waals surface area contributed by atoms with Gasteiger partial charge in [-0.15, -0.1) is 0 Å². The van der Waals surface area contributed by atoms with E-state index in [4.69, 9.17) is 4.74 Å². The number of anilines is 2. The first-order chi connectivity index (χ1) is 13.4. The van der Waals surface area contributed by atoms with Crippen LogP contribution in [0.3, 0.4) is 0 Å². The van der Waals surface area contributed by atoms with Crippen molar-refractivity contribution in [2.75, 3.05) is 23.8 Å². The molecule has 6 nitrogen and oxygen atoms in total. The standard InChI is InChI=1S/C21H23N5O/c1-2-7-16(8-3-1)19-13-20(23-15-18-10-6-12-27-18)26-21(25-19)24-14-17-9-4-5-11-22-17/h1-5,7-9,11,13,18H,6,10,12,14-15H2,(H2,23,24,25,26). The molecule has 1 unspecified atom stereocenters. The van der Waals surface area contributed by atoms with E-state index in [1.807, 2.05) is 42.5 Å². The Balaban J connectivity index is 1.53. The van der Waals surface area contributed by atoms with Gasteiger partial charge in [0, 0.05) is 31.0 Å². The average molecular weight is 361 g/mol. The zero-order valence-corrected chi connectivity index (χ0v) is 15.1. The van der Waals surface area contributed by atoms with E-state index in [1.165, 1.54) is 0 Å². The van der Waals surface area contributed by atoms with Gasteiger partial charge in [-0.2, -0.15) is 4.98 Å². The summed E-state index contributed by atoms with van der Waals surface area (Å²) >= 11 is 0. The Morgan fingerprint density at radius 1 is 1.00 bits per heavy atom. The van der Waals surface area contributed by atoms with Crippen molar-refractivity contribution in [2.45, 2.75) is 25.5 Å². The molecule has 0 radical (unpaired) electrons. The van der Waals surface area contributed by atoms with E-state index >= 15 is 0 Å². The van der Waals surface area contributed by atoms with Gasteiger partial charge in [0.2, 0.25) is 5.95 Å². The predicted octanol–water partition coefficient (Wildman–Crippen LogP) is 3.74. The van der Waals surface area contributed by atoms with Crippen LogP contribution in [0, 0.1) is 0 Å². The van der Waals surface area contributed by atoms with Crippen LogP contribution in [0.15, 0.2) is 60.8 Å². The highest BCUT2D eigenvalue weighted by Gasteiger charge is 2.15. The Bertz CT molecular complexity index is 851. The first kappa shape index (κ1) is 17.4. The summed E-state index contributed by atoms with van der Waals surface area (Å²) in [5.41, 5.74) is 2.88. The molecule has 0 spiro atoms. The summed E-state index contributed by atoms with van der Waals surface area (Å²) < 4.78 is 5.70. The minimum atomic E-state index is 0.255. The topological polar surface area (TPSA) is 72.0 Å². The van der Waals surface area contributed by atoms with Crippen molar-refractivity contribution >= 4 is 11.8 Å². The van der Waals surface area contributed by atoms with Crippen molar-refractivity contribution in [1.29, 1.82) is 0 Å². The number of nitrogens with one attached hydrogen (secondary N) is 2. The summed E-state index contributed by atoms with van der Waals surface area (Å²) in [5, 5.41) is 6.69. The number of ether oxygens (including phenoxy) is 1. The molecule has 4 rings (SSSR count). The summed E-state index contributed by atoms with van der Waals surface area (Å²) in [6.45, 7) is 2.18. The van der Waals surface area contributed by atoms with Crippen LogP contribution < -0.4 is 10.6 Å². The average Bonchev–Trinajstić information content (AvgIpc) is 3.26. The molecule has 138 valence electrons. The van der Waals surface area contributed by atoms with Crippen LogP contribution in [0.5, 0.6) is 0 Å². The second-order valence-electron chi connectivity index (χ2n) is 6.52. The fourth-order valence-corrected chi connectivity index (χ4v) is 3.07. The largest absolute Gasteiger partial charge is 0.376 e. The summed E-state index contributed by atoms with van der Waals surface area (Å²) in [4.78, 5) is 13.6. The lowest BCUT2D eigenvalue weighted by molar-refractivity contribution is 0.120. The second kappa shape index (κ2) is 8.60. The van der Waals surface area contributed by atoms with Gasteiger partial charge in [0.25, 0.3) is 0 Å². The number of aromatic nitrogens is 3. The number of pyridine rings is 1. The number of hydrogen-bond donors (Lipinski definition) is 2. The van der Waals surface area contributed by atoms with E-state index in [-0.39, 0.29) is 6.10 Å². The van der Waals surface area contributed by atoms with Crippen LogP contribution in [0.25, 0.3) is 11.3 Å².